The molecule has 0 radical (unpaired) electrons. The average Bonchev–Trinajstić information content (AvgIpc) is 3.17. The summed E-state index contributed by atoms with van der Waals surface area (Å²) >= 11 is 6.08. The molecule has 1 aliphatic carbocycles. The fourth-order valence-corrected chi connectivity index (χ4v) is 3.18. The summed E-state index contributed by atoms with van der Waals surface area (Å²) in [5.74, 6) is 0.785. The van der Waals surface area contributed by atoms with Crippen LogP contribution in [0.1, 0.15) is 25.7 Å². The Kier molecular flexibility index (Phi) is 3.42. The van der Waals surface area contributed by atoms with Crippen LogP contribution in [0.4, 0.5) is 5.82 Å². The molecule has 4 rings (SSSR count). The third kappa shape index (κ3) is 2.41. The molecule has 2 aromatic heterocycles. The Balaban J connectivity index is 1.82. The van der Waals surface area contributed by atoms with Crippen LogP contribution in [0.3, 0.4) is 0 Å². The lowest BCUT2D eigenvalue weighted by Crippen LogP contribution is -2.15. The molecule has 6 heteroatoms. The summed E-state index contributed by atoms with van der Waals surface area (Å²) in [4.78, 5) is 8.57. The molecule has 0 aliphatic heterocycles. The highest BCUT2D eigenvalue weighted by atomic mass is 35.5. The van der Waals surface area contributed by atoms with Crippen molar-refractivity contribution in [2.45, 2.75) is 31.7 Å². The Morgan fingerprint density at radius 1 is 1.18 bits per heavy atom. The molecule has 5 nitrogen and oxygen atoms in total. The first kappa shape index (κ1) is 13.5. The molecule has 3 aromatic rings. The SMILES string of the molecule is Clc1cccc(-c2noc3ncnc(NC4CCCC4)c23)c1. The lowest BCUT2D eigenvalue weighted by Gasteiger charge is -2.13. The zero-order valence-corrected chi connectivity index (χ0v) is 12.7. The largest absolute Gasteiger partial charge is 0.367 e. The third-order valence-corrected chi connectivity index (χ3v) is 4.30. The molecule has 112 valence electrons. The number of nitrogens with zero attached hydrogens (tertiary/aromatic N) is 3. The van der Waals surface area contributed by atoms with Gasteiger partial charge in [0.25, 0.3) is 5.71 Å². The van der Waals surface area contributed by atoms with Gasteiger partial charge in [-0.2, -0.15) is 4.98 Å². The molecule has 1 aromatic carbocycles. The van der Waals surface area contributed by atoms with Gasteiger partial charge in [0.2, 0.25) is 0 Å². The number of hydrogen-bond acceptors (Lipinski definition) is 5. The Hall–Kier alpha value is -2.14. The van der Waals surface area contributed by atoms with Crippen molar-refractivity contribution in [2.75, 3.05) is 5.32 Å². The Labute approximate surface area is 132 Å². The summed E-state index contributed by atoms with van der Waals surface area (Å²) in [6, 6.07) is 8.01. The summed E-state index contributed by atoms with van der Waals surface area (Å²) < 4.78 is 5.36. The van der Waals surface area contributed by atoms with Crippen LogP contribution in [-0.4, -0.2) is 21.2 Å². The molecule has 22 heavy (non-hydrogen) atoms. The zero-order chi connectivity index (χ0) is 14.9. The number of halogens is 1. The van der Waals surface area contributed by atoms with Crippen molar-refractivity contribution in [3.63, 3.8) is 0 Å². The van der Waals surface area contributed by atoms with Crippen molar-refractivity contribution >= 4 is 28.5 Å². The van der Waals surface area contributed by atoms with Crippen LogP contribution < -0.4 is 5.32 Å². The highest BCUT2D eigenvalue weighted by Crippen LogP contribution is 2.33. The van der Waals surface area contributed by atoms with E-state index in [9.17, 15) is 0 Å². The van der Waals surface area contributed by atoms with Crippen LogP contribution in [0.2, 0.25) is 5.02 Å². The molecule has 0 atom stereocenters. The molecule has 0 bridgehead atoms. The summed E-state index contributed by atoms with van der Waals surface area (Å²) in [7, 11) is 0. The lowest BCUT2D eigenvalue weighted by atomic mass is 10.1. The molecule has 0 amide bonds. The maximum atomic E-state index is 6.08. The second kappa shape index (κ2) is 5.57. The third-order valence-electron chi connectivity index (χ3n) is 4.07. The molecular weight excluding hydrogens is 300 g/mol. The highest BCUT2D eigenvalue weighted by molar-refractivity contribution is 6.30. The summed E-state index contributed by atoms with van der Waals surface area (Å²) in [6.07, 6.45) is 6.37. The standard InChI is InChI=1S/C16H15ClN4O/c17-11-5-3-4-10(8-11)14-13-15(20-12-6-1-2-7-12)18-9-19-16(13)22-21-14/h3-5,8-9,12H,1-2,6-7H2,(H,18,19,20). The number of anilines is 1. The van der Waals surface area contributed by atoms with E-state index in [0.29, 0.717) is 16.8 Å². The number of nitrogens with one attached hydrogen (secondary N) is 1. The van der Waals surface area contributed by atoms with E-state index < -0.39 is 0 Å². The quantitative estimate of drug-likeness (QED) is 0.781. The van der Waals surface area contributed by atoms with E-state index in [1.807, 2.05) is 24.3 Å². The molecule has 0 saturated heterocycles. The fourth-order valence-electron chi connectivity index (χ4n) is 2.99. The number of fused-ring (bicyclic) bond motifs is 1. The number of hydrogen-bond donors (Lipinski definition) is 1. The smallest absolute Gasteiger partial charge is 0.263 e. The van der Waals surface area contributed by atoms with E-state index in [2.05, 4.69) is 20.4 Å². The molecule has 2 heterocycles. The summed E-state index contributed by atoms with van der Waals surface area (Å²) in [5.41, 5.74) is 2.11. The Bertz CT molecular complexity index is 811. The van der Waals surface area contributed by atoms with Crippen LogP contribution in [-0.2, 0) is 0 Å². The van der Waals surface area contributed by atoms with Gasteiger partial charge in [-0.1, -0.05) is 41.7 Å². The molecule has 1 aliphatic rings. The highest BCUT2D eigenvalue weighted by Gasteiger charge is 2.21. The maximum absolute atomic E-state index is 6.08. The van der Waals surface area contributed by atoms with Gasteiger partial charge < -0.3 is 9.84 Å². The number of benzene rings is 1. The minimum absolute atomic E-state index is 0.459. The van der Waals surface area contributed by atoms with E-state index in [4.69, 9.17) is 16.1 Å². The predicted octanol–water partition coefficient (Wildman–Crippen LogP) is 4.29. The minimum Gasteiger partial charge on any atom is -0.367 e. The fraction of sp³-hybridized carbons (Fsp3) is 0.312. The van der Waals surface area contributed by atoms with Gasteiger partial charge in [-0.15, -0.1) is 0 Å². The van der Waals surface area contributed by atoms with Crippen molar-refractivity contribution in [2.24, 2.45) is 0 Å². The van der Waals surface area contributed by atoms with E-state index in [-0.39, 0.29) is 0 Å². The van der Waals surface area contributed by atoms with Gasteiger partial charge in [-0.05, 0) is 25.0 Å². The first-order valence-corrected chi connectivity index (χ1v) is 7.82. The van der Waals surface area contributed by atoms with E-state index >= 15 is 0 Å². The van der Waals surface area contributed by atoms with Crippen LogP contribution in [0.15, 0.2) is 35.1 Å². The Morgan fingerprint density at radius 2 is 2.05 bits per heavy atom. The van der Waals surface area contributed by atoms with Gasteiger partial charge in [0.1, 0.15) is 23.2 Å². The van der Waals surface area contributed by atoms with Crippen LogP contribution in [0, 0.1) is 0 Å². The monoisotopic (exact) mass is 314 g/mol. The molecule has 1 fully saturated rings. The van der Waals surface area contributed by atoms with Crippen molar-refractivity contribution < 1.29 is 4.52 Å². The van der Waals surface area contributed by atoms with E-state index in [1.165, 1.54) is 32.0 Å². The van der Waals surface area contributed by atoms with E-state index in [0.717, 1.165) is 22.5 Å². The first-order valence-electron chi connectivity index (χ1n) is 7.44. The molecule has 0 unspecified atom stereocenters. The minimum atomic E-state index is 0.459. The summed E-state index contributed by atoms with van der Waals surface area (Å²) in [5, 5.41) is 9.16. The number of aromatic nitrogens is 3. The molecule has 1 saturated carbocycles. The van der Waals surface area contributed by atoms with Crippen molar-refractivity contribution in [1.29, 1.82) is 0 Å². The van der Waals surface area contributed by atoms with Crippen molar-refractivity contribution in [3.05, 3.63) is 35.6 Å². The lowest BCUT2D eigenvalue weighted by molar-refractivity contribution is 0.451. The maximum Gasteiger partial charge on any atom is 0.263 e. The van der Waals surface area contributed by atoms with Gasteiger partial charge in [-0.3, -0.25) is 0 Å². The van der Waals surface area contributed by atoms with Gasteiger partial charge in [0, 0.05) is 16.6 Å². The van der Waals surface area contributed by atoms with Crippen LogP contribution in [0.25, 0.3) is 22.4 Å². The van der Waals surface area contributed by atoms with Crippen molar-refractivity contribution in [1.82, 2.24) is 15.1 Å². The van der Waals surface area contributed by atoms with E-state index in [1.54, 1.807) is 0 Å². The average molecular weight is 315 g/mol. The van der Waals surface area contributed by atoms with Gasteiger partial charge in [-0.25, -0.2) is 4.98 Å². The van der Waals surface area contributed by atoms with Crippen molar-refractivity contribution in [3.8, 4) is 11.3 Å². The molecule has 0 spiro atoms. The van der Waals surface area contributed by atoms with Crippen LogP contribution >= 0.6 is 11.6 Å². The summed E-state index contributed by atoms with van der Waals surface area (Å²) in [6.45, 7) is 0. The van der Waals surface area contributed by atoms with Gasteiger partial charge >= 0.3 is 0 Å². The van der Waals surface area contributed by atoms with Gasteiger partial charge in [0.05, 0.1) is 0 Å². The van der Waals surface area contributed by atoms with Gasteiger partial charge in [0.15, 0.2) is 0 Å². The molecule has 1 N–H and O–H groups in total. The Morgan fingerprint density at radius 3 is 2.86 bits per heavy atom. The van der Waals surface area contributed by atoms with Crippen LogP contribution in [0.5, 0.6) is 0 Å². The normalized spacial score (nSPS) is 15.5. The number of rotatable bonds is 3. The second-order valence-corrected chi connectivity index (χ2v) is 6.01. The zero-order valence-electron chi connectivity index (χ0n) is 11.9. The topological polar surface area (TPSA) is 63.8 Å². The second-order valence-electron chi connectivity index (χ2n) is 5.57. The first-order chi connectivity index (χ1) is 10.8. The predicted molar refractivity (Wildman–Crippen MR) is 85.9 cm³/mol. The molecular formula is C16H15ClN4O.